The molecule has 0 N–H and O–H groups in total. The first-order valence-corrected chi connectivity index (χ1v) is 4.10. The average Bonchev–Trinajstić information content (AvgIpc) is 2.04. The first kappa shape index (κ1) is 9.71. The van der Waals surface area contributed by atoms with E-state index in [1.165, 1.54) is 24.3 Å². The molecule has 0 fully saturated rings. The summed E-state index contributed by atoms with van der Waals surface area (Å²) in [4.78, 5) is 11.3. The first-order chi connectivity index (χ1) is 6.09. The van der Waals surface area contributed by atoms with Crippen molar-refractivity contribution in [2.75, 3.05) is 0 Å². The molecule has 0 saturated carbocycles. The van der Waals surface area contributed by atoms with Crippen LogP contribution in [0.15, 0.2) is 24.3 Å². The van der Waals surface area contributed by atoms with E-state index < -0.39 is 0 Å². The van der Waals surface area contributed by atoms with Crippen LogP contribution in [0.5, 0.6) is 0 Å². The lowest BCUT2D eigenvalue weighted by Gasteiger charge is -2.04. The highest BCUT2D eigenvalue weighted by Crippen LogP contribution is 2.03. The fourth-order valence-corrected chi connectivity index (χ4v) is 0.902. The molecule has 3 heteroatoms. The predicted octanol–water partition coefficient (Wildman–Crippen LogP) is 1.98. The molecular weight excluding hydrogens is 169 g/mol. The minimum Gasteiger partial charge on any atom is -0.267 e. The highest BCUT2D eigenvalue weighted by Gasteiger charge is 2.07. The van der Waals surface area contributed by atoms with Crippen LogP contribution in [-0.2, 0) is 0 Å². The Kier molecular flexibility index (Phi) is 3.01. The Labute approximate surface area is 76.8 Å². The van der Waals surface area contributed by atoms with Gasteiger partial charge in [0.05, 0.1) is 0 Å². The van der Waals surface area contributed by atoms with E-state index >= 15 is 0 Å². The molecule has 0 spiro atoms. The third kappa shape index (κ3) is 2.86. The number of benzene rings is 1. The van der Waals surface area contributed by atoms with Gasteiger partial charge in [0.1, 0.15) is 5.82 Å². The molecule has 13 heavy (non-hydrogen) atoms. The van der Waals surface area contributed by atoms with Gasteiger partial charge in [-0.25, -0.2) is 9.71 Å². The van der Waals surface area contributed by atoms with Crippen LogP contribution < -0.4 is 5.32 Å². The van der Waals surface area contributed by atoms with Crippen LogP contribution in [-0.4, -0.2) is 11.9 Å². The van der Waals surface area contributed by atoms with Gasteiger partial charge in [0, 0.05) is 11.6 Å². The zero-order valence-electron chi connectivity index (χ0n) is 7.62. The van der Waals surface area contributed by atoms with Crippen LogP contribution in [0.3, 0.4) is 0 Å². The van der Waals surface area contributed by atoms with Crippen molar-refractivity contribution in [2.24, 2.45) is 0 Å². The van der Waals surface area contributed by atoms with Crippen molar-refractivity contribution in [3.8, 4) is 0 Å². The molecule has 0 saturated heterocycles. The SMILES string of the molecule is CC(C)[N]C(=O)c1ccc(F)cc1. The monoisotopic (exact) mass is 180 g/mol. The minimum absolute atomic E-state index is 0.0300. The summed E-state index contributed by atoms with van der Waals surface area (Å²) in [7, 11) is 0. The number of halogens is 1. The lowest BCUT2D eigenvalue weighted by molar-refractivity contribution is 0.0938. The third-order valence-corrected chi connectivity index (χ3v) is 1.47. The maximum Gasteiger partial charge on any atom is 0.272 e. The van der Waals surface area contributed by atoms with Crippen molar-refractivity contribution in [1.82, 2.24) is 5.32 Å². The molecule has 2 nitrogen and oxygen atoms in total. The number of nitrogens with zero attached hydrogens (tertiary/aromatic N) is 1. The highest BCUT2D eigenvalue weighted by atomic mass is 19.1. The Balaban J connectivity index is 2.72. The van der Waals surface area contributed by atoms with E-state index in [1.807, 2.05) is 13.8 Å². The molecule has 0 aliphatic rings. The Morgan fingerprint density at radius 2 is 1.85 bits per heavy atom. The molecule has 0 atom stereocenters. The van der Waals surface area contributed by atoms with Gasteiger partial charge in [-0.3, -0.25) is 4.79 Å². The molecule has 1 aromatic rings. The third-order valence-electron chi connectivity index (χ3n) is 1.47. The summed E-state index contributed by atoms with van der Waals surface area (Å²) in [6.07, 6.45) is 0. The zero-order chi connectivity index (χ0) is 9.84. The second-order valence-electron chi connectivity index (χ2n) is 3.03. The van der Waals surface area contributed by atoms with Crippen molar-refractivity contribution in [2.45, 2.75) is 19.9 Å². The molecule has 0 aliphatic heterocycles. The molecule has 0 unspecified atom stereocenters. The van der Waals surface area contributed by atoms with Crippen LogP contribution in [0.2, 0.25) is 0 Å². The largest absolute Gasteiger partial charge is 0.272 e. The second kappa shape index (κ2) is 4.03. The molecule has 0 heterocycles. The lowest BCUT2D eigenvalue weighted by atomic mass is 10.2. The Bertz CT molecular complexity index is 292. The van der Waals surface area contributed by atoms with Crippen LogP contribution in [0.1, 0.15) is 24.2 Å². The number of rotatable bonds is 2. The van der Waals surface area contributed by atoms with Crippen LogP contribution in [0.25, 0.3) is 0 Å². The van der Waals surface area contributed by atoms with Gasteiger partial charge in [0.2, 0.25) is 0 Å². The molecule has 1 rings (SSSR count). The summed E-state index contributed by atoms with van der Waals surface area (Å²) in [6.45, 7) is 3.64. The van der Waals surface area contributed by atoms with E-state index in [-0.39, 0.29) is 17.8 Å². The summed E-state index contributed by atoms with van der Waals surface area (Å²) in [5.41, 5.74) is 0.426. The Hall–Kier alpha value is -1.38. The van der Waals surface area contributed by atoms with Gasteiger partial charge >= 0.3 is 0 Å². The van der Waals surface area contributed by atoms with E-state index in [0.29, 0.717) is 5.56 Å². The topological polar surface area (TPSA) is 31.2 Å². The molecule has 1 aromatic carbocycles. The van der Waals surface area contributed by atoms with Crippen molar-refractivity contribution >= 4 is 5.91 Å². The molecule has 1 amide bonds. The van der Waals surface area contributed by atoms with Gasteiger partial charge in [-0.05, 0) is 38.1 Å². The van der Waals surface area contributed by atoms with Gasteiger partial charge in [-0.2, -0.15) is 0 Å². The summed E-state index contributed by atoms with van der Waals surface area (Å²) in [5.74, 6) is -0.643. The zero-order valence-corrected chi connectivity index (χ0v) is 7.62. The van der Waals surface area contributed by atoms with E-state index in [1.54, 1.807) is 0 Å². The Morgan fingerprint density at radius 3 is 2.31 bits per heavy atom. The average molecular weight is 180 g/mol. The fourth-order valence-electron chi connectivity index (χ4n) is 0.902. The van der Waals surface area contributed by atoms with Gasteiger partial charge < -0.3 is 0 Å². The lowest BCUT2D eigenvalue weighted by Crippen LogP contribution is -2.22. The molecule has 69 valence electrons. The number of amides is 1. The normalized spacial score (nSPS) is 10.2. The van der Waals surface area contributed by atoms with Crippen molar-refractivity contribution < 1.29 is 9.18 Å². The van der Waals surface area contributed by atoms with Crippen molar-refractivity contribution in [3.63, 3.8) is 0 Å². The van der Waals surface area contributed by atoms with Crippen LogP contribution in [0.4, 0.5) is 4.39 Å². The minimum atomic E-state index is -0.346. The highest BCUT2D eigenvalue weighted by molar-refractivity contribution is 5.94. The number of carbonyl (C=O) groups is 1. The quantitative estimate of drug-likeness (QED) is 0.684. The van der Waals surface area contributed by atoms with Crippen LogP contribution >= 0.6 is 0 Å². The first-order valence-electron chi connectivity index (χ1n) is 4.10. The van der Waals surface area contributed by atoms with E-state index in [9.17, 15) is 9.18 Å². The summed E-state index contributed by atoms with van der Waals surface area (Å²) in [5, 5.41) is 3.82. The second-order valence-corrected chi connectivity index (χ2v) is 3.03. The summed E-state index contributed by atoms with van der Waals surface area (Å²) in [6, 6.07) is 5.34. The van der Waals surface area contributed by atoms with E-state index in [0.717, 1.165) is 0 Å². The smallest absolute Gasteiger partial charge is 0.267 e. The molecule has 0 aromatic heterocycles. The summed E-state index contributed by atoms with van der Waals surface area (Å²) < 4.78 is 12.5. The fraction of sp³-hybridized carbons (Fsp3) is 0.300. The Morgan fingerprint density at radius 1 is 1.31 bits per heavy atom. The number of hydrogen-bond acceptors (Lipinski definition) is 1. The molecule has 0 bridgehead atoms. The van der Waals surface area contributed by atoms with Gasteiger partial charge in [0.15, 0.2) is 0 Å². The number of hydrogen-bond donors (Lipinski definition) is 0. The van der Waals surface area contributed by atoms with Gasteiger partial charge in [0.25, 0.3) is 5.91 Å². The molecular formula is C10H11FNO. The number of carbonyl (C=O) groups excluding carboxylic acids is 1. The standard InChI is InChI=1S/C10H11FNO/c1-7(2)12-10(13)8-3-5-9(11)6-4-8/h3-7H,1-2H3. The van der Waals surface area contributed by atoms with E-state index in [4.69, 9.17) is 0 Å². The predicted molar refractivity (Wildman–Crippen MR) is 48.0 cm³/mol. The molecule has 0 aliphatic carbocycles. The maximum atomic E-state index is 12.5. The van der Waals surface area contributed by atoms with Crippen molar-refractivity contribution in [3.05, 3.63) is 35.6 Å². The van der Waals surface area contributed by atoms with Crippen molar-refractivity contribution in [1.29, 1.82) is 0 Å². The van der Waals surface area contributed by atoms with E-state index in [2.05, 4.69) is 5.32 Å². The molecule has 1 radical (unpaired) electrons. The maximum absolute atomic E-state index is 12.5. The van der Waals surface area contributed by atoms with Gasteiger partial charge in [-0.1, -0.05) is 0 Å². The summed E-state index contributed by atoms with van der Waals surface area (Å²) >= 11 is 0. The van der Waals surface area contributed by atoms with Gasteiger partial charge in [-0.15, -0.1) is 0 Å². The van der Waals surface area contributed by atoms with Crippen LogP contribution in [0, 0.1) is 5.82 Å².